The third-order valence-corrected chi connectivity index (χ3v) is 3.44. The summed E-state index contributed by atoms with van der Waals surface area (Å²) in [6.45, 7) is 4.92. The number of nitrogen functional groups attached to an aromatic ring is 1. The fourth-order valence-electron chi connectivity index (χ4n) is 2.18. The van der Waals surface area contributed by atoms with Gasteiger partial charge in [-0.2, -0.15) is 5.26 Å². The van der Waals surface area contributed by atoms with Gasteiger partial charge in [0.1, 0.15) is 17.7 Å². The fourth-order valence-corrected chi connectivity index (χ4v) is 2.18. The minimum atomic E-state index is -1.19. The van der Waals surface area contributed by atoms with Gasteiger partial charge < -0.3 is 16.2 Å². The summed E-state index contributed by atoms with van der Waals surface area (Å²) < 4.78 is 0. The SMILES string of the molecule is CC(=O)N(/C=C(/C#N)C(=O)NC(CC(C)C)C(=O)O)c1ccc(N)cc1. The Hall–Kier alpha value is -3.34. The molecule has 8 nitrogen and oxygen atoms in total. The van der Waals surface area contributed by atoms with Gasteiger partial charge >= 0.3 is 5.97 Å². The van der Waals surface area contributed by atoms with Gasteiger partial charge in [0.15, 0.2) is 0 Å². The van der Waals surface area contributed by atoms with Crippen LogP contribution in [0.3, 0.4) is 0 Å². The molecule has 0 bridgehead atoms. The van der Waals surface area contributed by atoms with E-state index in [1.807, 2.05) is 13.8 Å². The molecule has 1 rings (SSSR count). The molecule has 4 N–H and O–H groups in total. The summed E-state index contributed by atoms with van der Waals surface area (Å²) in [7, 11) is 0. The summed E-state index contributed by atoms with van der Waals surface area (Å²) in [6, 6.07) is 6.87. The minimum absolute atomic E-state index is 0.0365. The minimum Gasteiger partial charge on any atom is -0.480 e. The van der Waals surface area contributed by atoms with E-state index in [1.165, 1.54) is 6.92 Å². The van der Waals surface area contributed by atoms with Crippen LogP contribution in [0.15, 0.2) is 36.0 Å². The van der Waals surface area contributed by atoms with Gasteiger partial charge in [0, 0.05) is 24.5 Å². The third kappa shape index (κ3) is 5.94. The molecule has 2 amide bonds. The van der Waals surface area contributed by atoms with Crippen molar-refractivity contribution in [3.63, 3.8) is 0 Å². The summed E-state index contributed by atoms with van der Waals surface area (Å²) in [5.74, 6) is -2.43. The average molecular weight is 358 g/mol. The van der Waals surface area contributed by atoms with Crippen LogP contribution in [0, 0.1) is 17.2 Å². The van der Waals surface area contributed by atoms with Gasteiger partial charge in [0.25, 0.3) is 5.91 Å². The summed E-state index contributed by atoms with van der Waals surface area (Å²) in [5.41, 5.74) is 6.15. The molecular weight excluding hydrogens is 336 g/mol. The number of carbonyl (C=O) groups is 3. The quantitative estimate of drug-likeness (QED) is 0.385. The number of nitrogens with one attached hydrogen (secondary N) is 1. The highest BCUT2D eigenvalue weighted by Crippen LogP contribution is 2.18. The molecular formula is C18H22N4O4. The molecule has 1 aromatic carbocycles. The van der Waals surface area contributed by atoms with E-state index in [2.05, 4.69) is 5.32 Å². The molecule has 0 saturated carbocycles. The number of rotatable bonds is 7. The van der Waals surface area contributed by atoms with Crippen molar-refractivity contribution in [2.45, 2.75) is 33.2 Å². The van der Waals surface area contributed by atoms with Crippen LogP contribution in [0.1, 0.15) is 27.2 Å². The van der Waals surface area contributed by atoms with Crippen molar-refractivity contribution in [3.05, 3.63) is 36.0 Å². The zero-order chi connectivity index (χ0) is 19.9. The molecule has 1 unspecified atom stereocenters. The summed E-state index contributed by atoms with van der Waals surface area (Å²) in [6.07, 6.45) is 1.30. The van der Waals surface area contributed by atoms with E-state index in [4.69, 9.17) is 5.73 Å². The maximum Gasteiger partial charge on any atom is 0.326 e. The smallest absolute Gasteiger partial charge is 0.326 e. The summed E-state index contributed by atoms with van der Waals surface area (Å²) in [5, 5.41) is 20.8. The van der Waals surface area contributed by atoms with Crippen molar-refractivity contribution in [2.75, 3.05) is 10.6 Å². The highest BCUT2D eigenvalue weighted by molar-refractivity contribution is 6.02. The molecule has 0 radical (unpaired) electrons. The van der Waals surface area contributed by atoms with Crippen LogP contribution in [-0.2, 0) is 14.4 Å². The Morgan fingerprint density at radius 1 is 1.31 bits per heavy atom. The molecule has 0 aliphatic heterocycles. The molecule has 138 valence electrons. The summed E-state index contributed by atoms with van der Waals surface area (Å²) in [4.78, 5) is 36.6. The first-order valence-electron chi connectivity index (χ1n) is 7.96. The maximum absolute atomic E-state index is 12.3. The number of benzene rings is 1. The second kappa shape index (κ2) is 9.22. The topological polar surface area (TPSA) is 137 Å². The lowest BCUT2D eigenvalue weighted by Gasteiger charge is -2.19. The number of nitrogens with two attached hydrogens (primary N) is 1. The molecule has 26 heavy (non-hydrogen) atoms. The molecule has 0 saturated heterocycles. The normalized spacial score (nSPS) is 12.2. The van der Waals surface area contributed by atoms with Crippen LogP contribution in [0.2, 0.25) is 0 Å². The number of hydrogen-bond donors (Lipinski definition) is 3. The van der Waals surface area contributed by atoms with Crippen molar-refractivity contribution in [1.29, 1.82) is 5.26 Å². The number of carboxylic acid groups (broad SMARTS) is 1. The molecule has 0 spiro atoms. The van der Waals surface area contributed by atoms with Gasteiger partial charge in [-0.05, 0) is 36.6 Å². The van der Waals surface area contributed by atoms with Crippen LogP contribution in [0.5, 0.6) is 0 Å². The van der Waals surface area contributed by atoms with E-state index < -0.39 is 23.8 Å². The number of carboxylic acids is 1. The molecule has 8 heteroatoms. The number of aliphatic carboxylic acids is 1. The lowest BCUT2D eigenvalue weighted by Crippen LogP contribution is -2.42. The Balaban J connectivity index is 3.10. The Bertz CT molecular complexity index is 747. The number of anilines is 2. The molecule has 0 aliphatic carbocycles. The highest BCUT2D eigenvalue weighted by atomic mass is 16.4. The van der Waals surface area contributed by atoms with Gasteiger partial charge in [-0.15, -0.1) is 0 Å². The van der Waals surface area contributed by atoms with Crippen LogP contribution in [-0.4, -0.2) is 28.9 Å². The van der Waals surface area contributed by atoms with E-state index in [9.17, 15) is 24.8 Å². The monoisotopic (exact) mass is 358 g/mol. The number of nitrogens with zero attached hydrogens (tertiary/aromatic N) is 2. The van der Waals surface area contributed by atoms with E-state index in [1.54, 1.807) is 30.3 Å². The van der Waals surface area contributed by atoms with E-state index in [0.717, 1.165) is 11.1 Å². The Morgan fingerprint density at radius 2 is 1.88 bits per heavy atom. The van der Waals surface area contributed by atoms with Crippen LogP contribution < -0.4 is 16.0 Å². The van der Waals surface area contributed by atoms with Crippen LogP contribution in [0.25, 0.3) is 0 Å². The molecule has 1 atom stereocenters. The van der Waals surface area contributed by atoms with Crippen molar-refractivity contribution in [2.24, 2.45) is 5.92 Å². The summed E-state index contributed by atoms with van der Waals surface area (Å²) >= 11 is 0. The van der Waals surface area contributed by atoms with Crippen molar-refractivity contribution >= 4 is 29.2 Å². The lowest BCUT2D eigenvalue weighted by atomic mass is 10.0. The Kier molecular flexibility index (Phi) is 7.34. The fraction of sp³-hybridized carbons (Fsp3) is 0.333. The zero-order valence-corrected chi connectivity index (χ0v) is 14.9. The van der Waals surface area contributed by atoms with E-state index in [0.29, 0.717) is 11.4 Å². The van der Waals surface area contributed by atoms with E-state index >= 15 is 0 Å². The average Bonchev–Trinajstić information content (AvgIpc) is 2.55. The number of carbonyl (C=O) groups excluding carboxylic acids is 2. The Labute approximate surface area is 151 Å². The van der Waals surface area contributed by atoms with Gasteiger partial charge in [-0.1, -0.05) is 13.8 Å². The predicted octanol–water partition coefficient (Wildman–Crippen LogP) is 1.64. The van der Waals surface area contributed by atoms with Crippen LogP contribution >= 0.6 is 0 Å². The first-order valence-corrected chi connectivity index (χ1v) is 7.96. The van der Waals surface area contributed by atoms with Gasteiger partial charge in [0.2, 0.25) is 5.91 Å². The molecule has 0 fully saturated rings. The molecule has 0 aliphatic rings. The largest absolute Gasteiger partial charge is 0.480 e. The van der Waals surface area contributed by atoms with Gasteiger partial charge in [0.05, 0.1) is 0 Å². The first-order chi connectivity index (χ1) is 12.1. The van der Waals surface area contributed by atoms with Crippen LogP contribution in [0.4, 0.5) is 11.4 Å². The van der Waals surface area contributed by atoms with Crippen molar-refractivity contribution in [1.82, 2.24) is 5.32 Å². The zero-order valence-electron chi connectivity index (χ0n) is 14.9. The maximum atomic E-state index is 12.3. The van der Waals surface area contributed by atoms with Gasteiger partial charge in [-0.3, -0.25) is 14.5 Å². The predicted molar refractivity (Wildman–Crippen MR) is 96.7 cm³/mol. The lowest BCUT2D eigenvalue weighted by molar-refractivity contribution is -0.141. The second-order valence-electron chi connectivity index (χ2n) is 6.13. The third-order valence-electron chi connectivity index (χ3n) is 3.44. The van der Waals surface area contributed by atoms with E-state index in [-0.39, 0.29) is 17.9 Å². The Morgan fingerprint density at radius 3 is 2.31 bits per heavy atom. The number of nitriles is 1. The highest BCUT2D eigenvalue weighted by Gasteiger charge is 2.23. The first kappa shape index (κ1) is 20.7. The number of hydrogen-bond acceptors (Lipinski definition) is 5. The van der Waals surface area contributed by atoms with Gasteiger partial charge in [-0.25, -0.2) is 4.79 Å². The molecule has 0 heterocycles. The second-order valence-corrected chi connectivity index (χ2v) is 6.13. The standard InChI is InChI=1S/C18H22N4O4/c1-11(2)8-16(18(25)26)21-17(24)13(9-19)10-22(12(3)23)15-6-4-14(20)5-7-15/h4-7,10-11,16H,8,20H2,1-3H3,(H,21,24)(H,25,26)/b13-10-. The molecule has 1 aromatic rings. The number of amides is 2. The molecule has 0 aromatic heterocycles. The van der Waals surface area contributed by atoms with Crippen molar-refractivity contribution in [3.8, 4) is 6.07 Å². The van der Waals surface area contributed by atoms with Crippen molar-refractivity contribution < 1.29 is 19.5 Å².